The molecule has 1 aromatic rings. The van der Waals surface area contributed by atoms with E-state index in [1.165, 1.54) is 30.9 Å². The van der Waals surface area contributed by atoms with Gasteiger partial charge in [-0.05, 0) is 127 Å². The number of hydrogen-bond donors (Lipinski definition) is 3. The molecular weight excluding hydrogens is 592 g/mol. The van der Waals surface area contributed by atoms with E-state index in [9.17, 15) is 24.9 Å². The summed E-state index contributed by atoms with van der Waals surface area (Å²) in [6.45, 7) is 14.3. The van der Waals surface area contributed by atoms with E-state index in [2.05, 4.69) is 47.6 Å². The lowest BCUT2D eigenvalue weighted by Crippen LogP contribution is -2.67. The minimum atomic E-state index is -0.567. The number of allylic oxidation sites excluding steroid dienone is 1. The molecule has 3 N–H and O–H groups in total. The molecule has 0 saturated heterocycles. The van der Waals surface area contributed by atoms with Gasteiger partial charge in [-0.3, -0.25) is 4.79 Å². The number of phenols is 2. The molecular formula is C40H56O7. The molecule has 4 fully saturated rings. The number of carbonyl (C=O) groups excluding carboxylic acids is 2. The molecule has 5 aliphatic rings. The number of benzene rings is 1. The van der Waals surface area contributed by atoms with Gasteiger partial charge in [-0.2, -0.15) is 0 Å². The fraction of sp³-hybridized carbons (Fsp3) is 0.700. The van der Waals surface area contributed by atoms with Crippen LogP contribution in [-0.4, -0.2) is 47.1 Å². The van der Waals surface area contributed by atoms with Gasteiger partial charge >= 0.3 is 11.9 Å². The summed E-state index contributed by atoms with van der Waals surface area (Å²) in [4.78, 5) is 27.2. The van der Waals surface area contributed by atoms with Crippen LogP contribution < -0.4 is 0 Å². The van der Waals surface area contributed by atoms with E-state index in [0.717, 1.165) is 51.4 Å². The van der Waals surface area contributed by atoms with Crippen LogP contribution in [-0.2, 0) is 19.1 Å². The maximum absolute atomic E-state index is 13.8. The zero-order valence-electron chi connectivity index (χ0n) is 29.5. The zero-order valence-corrected chi connectivity index (χ0v) is 29.5. The first-order chi connectivity index (χ1) is 22.1. The second-order valence-corrected chi connectivity index (χ2v) is 17.1. The fourth-order valence-corrected chi connectivity index (χ4v) is 12.2. The van der Waals surface area contributed by atoms with Crippen molar-refractivity contribution >= 4 is 18.0 Å². The molecule has 0 heterocycles. The zero-order chi connectivity index (χ0) is 34.2. The number of phenolic OH excluding ortho intramolecular Hbond substituents is 2. The van der Waals surface area contributed by atoms with Crippen LogP contribution in [0.15, 0.2) is 35.9 Å². The van der Waals surface area contributed by atoms with Gasteiger partial charge in [0.15, 0.2) is 11.5 Å². The van der Waals surface area contributed by atoms with Gasteiger partial charge in [-0.1, -0.05) is 59.3 Å². The first-order valence-corrected chi connectivity index (χ1v) is 17.9. The highest BCUT2D eigenvalue weighted by Gasteiger charge is 2.71. The second kappa shape index (κ2) is 11.7. The van der Waals surface area contributed by atoms with Crippen LogP contribution in [0, 0.1) is 56.7 Å². The maximum Gasteiger partial charge on any atom is 0.330 e. The Balaban J connectivity index is 1.42. The predicted molar refractivity (Wildman–Crippen MR) is 181 cm³/mol. The molecule has 0 amide bonds. The van der Waals surface area contributed by atoms with Crippen molar-refractivity contribution in [3.8, 4) is 11.5 Å². The van der Waals surface area contributed by atoms with Gasteiger partial charge in [0.25, 0.3) is 0 Å². The summed E-state index contributed by atoms with van der Waals surface area (Å²) >= 11 is 0. The highest BCUT2D eigenvalue weighted by atomic mass is 16.5. The largest absolute Gasteiger partial charge is 0.504 e. The summed E-state index contributed by atoms with van der Waals surface area (Å²) in [6, 6.07) is 4.43. The summed E-state index contributed by atoms with van der Waals surface area (Å²) < 4.78 is 11.9. The number of ether oxygens (including phenoxy) is 2. The van der Waals surface area contributed by atoms with Crippen LogP contribution in [0.2, 0.25) is 0 Å². The van der Waals surface area contributed by atoms with Gasteiger partial charge in [-0.25, -0.2) is 4.79 Å². The molecule has 1 aromatic carbocycles. The van der Waals surface area contributed by atoms with Crippen LogP contribution in [0.5, 0.6) is 11.5 Å². The molecule has 4 saturated carbocycles. The Labute approximate surface area is 280 Å². The molecule has 0 unspecified atom stereocenters. The van der Waals surface area contributed by atoms with Crippen molar-refractivity contribution in [1.29, 1.82) is 0 Å². The van der Waals surface area contributed by atoms with E-state index >= 15 is 0 Å². The highest BCUT2D eigenvalue weighted by molar-refractivity contribution is 5.87. The molecule has 0 aliphatic heterocycles. The van der Waals surface area contributed by atoms with Crippen LogP contribution in [0.25, 0.3) is 6.08 Å². The number of carbonyl (C=O) groups is 2. The van der Waals surface area contributed by atoms with Crippen LogP contribution >= 0.6 is 0 Å². The number of aliphatic hydroxyl groups excluding tert-OH is 1. The SMILES string of the molecule is COC(=O)[C@]12CC[C@@H](C)[C@H](C)[C@H]1C1=CC[C@@H]3[C@@]4(C)CC[C@H](O)C(C)(C)[C@@H]4CC[C@@]3(C)[C@]1(COC(=O)/C=C/c1ccc(O)c(O)c1)CC2. The maximum atomic E-state index is 13.8. The number of methoxy groups -OCH3 is 1. The Morgan fingerprint density at radius 3 is 2.38 bits per heavy atom. The Morgan fingerprint density at radius 2 is 1.68 bits per heavy atom. The van der Waals surface area contributed by atoms with Gasteiger partial charge < -0.3 is 24.8 Å². The number of hydrogen-bond acceptors (Lipinski definition) is 7. The molecule has 0 radical (unpaired) electrons. The monoisotopic (exact) mass is 648 g/mol. The molecule has 10 atom stereocenters. The van der Waals surface area contributed by atoms with Crippen LogP contribution in [0.1, 0.15) is 105 Å². The molecule has 0 bridgehead atoms. The number of esters is 2. The Bertz CT molecular complexity index is 1480. The first-order valence-electron chi connectivity index (χ1n) is 17.9. The van der Waals surface area contributed by atoms with Crippen molar-refractivity contribution in [2.75, 3.05) is 13.7 Å². The average molecular weight is 649 g/mol. The van der Waals surface area contributed by atoms with Crippen molar-refractivity contribution in [2.45, 2.75) is 105 Å². The molecule has 5 aliphatic carbocycles. The van der Waals surface area contributed by atoms with E-state index in [-0.39, 0.29) is 58.3 Å². The molecule has 7 heteroatoms. The molecule has 47 heavy (non-hydrogen) atoms. The first kappa shape index (κ1) is 34.1. The lowest BCUT2D eigenvalue weighted by atomic mass is 9.33. The average Bonchev–Trinajstić information content (AvgIpc) is 3.03. The third-order valence-electron chi connectivity index (χ3n) is 15.1. The van der Waals surface area contributed by atoms with Gasteiger partial charge in [0.2, 0.25) is 0 Å². The Kier molecular flexibility index (Phi) is 8.46. The summed E-state index contributed by atoms with van der Waals surface area (Å²) in [5, 5.41) is 30.7. The van der Waals surface area contributed by atoms with Crippen molar-refractivity contribution in [3.05, 3.63) is 41.5 Å². The van der Waals surface area contributed by atoms with E-state index in [1.807, 2.05) is 0 Å². The van der Waals surface area contributed by atoms with Crippen molar-refractivity contribution in [1.82, 2.24) is 0 Å². The minimum Gasteiger partial charge on any atom is -0.504 e. The lowest BCUT2D eigenvalue weighted by Gasteiger charge is -2.71. The summed E-state index contributed by atoms with van der Waals surface area (Å²) in [5.74, 6) is 0.493. The number of aromatic hydroxyl groups is 2. The number of fused-ring (bicyclic) bond motifs is 7. The van der Waals surface area contributed by atoms with Gasteiger partial charge in [0, 0.05) is 11.5 Å². The van der Waals surface area contributed by atoms with E-state index in [0.29, 0.717) is 29.7 Å². The van der Waals surface area contributed by atoms with E-state index in [1.54, 1.807) is 12.1 Å². The topological polar surface area (TPSA) is 113 Å². The molecule has 0 spiro atoms. The molecule has 0 aromatic heterocycles. The smallest absolute Gasteiger partial charge is 0.330 e. The molecule has 6 rings (SSSR count). The van der Waals surface area contributed by atoms with Crippen molar-refractivity contribution in [3.63, 3.8) is 0 Å². The van der Waals surface area contributed by atoms with Crippen molar-refractivity contribution in [2.24, 2.45) is 56.7 Å². The Morgan fingerprint density at radius 1 is 0.936 bits per heavy atom. The number of rotatable bonds is 5. The Hall–Kier alpha value is -2.80. The summed E-state index contributed by atoms with van der Waals surface area (Å²) in [7, 11) is 1.52. The molecule has 7 nitrogen and oxygen atoms in total. The summed E-state index contributed by atoms with van der Waals surface area (Å²) in [5.41, 5.74) is 0.572. The second-order valence-electron chi connectivity index (χ2n) is 17.1. The fourth-order valence-electron chi connectivity index (χ4n) is 12.2. The van der Waals surface area contributed by atoms with Crippen LogP contribution in [0.4, 0.5) is 0 Å². The quantitative estimate of drug-likeness (QED) is 0.129. The third-order valence-corrected chi connectivity index (χ3v) is 15.1. The highest BCUT2D eigenvalue weighted by Crippen LogP contribution is 2.76. The van der Waals surface area contributed by atoms with Crippen molar-refractivity contribution < 1.29 is 34.4 Å². The summed E-state index contributed by atoms with van der Waals surface area (Å²) in [6.07, 6.45) is 13.1. The van der Waals surface area contributed by atoms with Gasteiger partial charge in [-0.15, -0.1) is 0 Å². The third kappa shape index (κ3) is 4.91. The van der Waals surface area contributed by atoms with Gasteiger partial charge in [0.1, 0.15) is 6.61 Å². The lowest BCUT2D eigenvalue weighted by molar-refractivity contribution is -0.218. The van der Waals surface area contributed by atoms with E-state index < -0.39 is 16.8 Å². The van der Waals surface area contributed by atoms with Gasteiger partial charge in [0.05, 0.1) is 18.6 Å². The standard InChI is InChI=1S/C40H56O7/c1-24-14-19-39(35(45)46-7)20-21-40(23-47-33(44)13-9-26-8-11-28(41)29(42)22-26)27(34(39)25(24)2)10-12-31-37(5)17-16-32(43)36(3,4)30(37)15-18-38(31,40)6/h8-11,13,22,24-25,30-32,34,41-43H,12,14-21,23H2,1-7H3/b13-9+/t24-,25+,30+,31-,32+,34+,37+,38-,39+,40+/m1/s1. The minimum absolute atomic E-state index is 0.0228. The molecule has 258 valence electrons. The number of aliphatic hydroxyl groups is 1. The van der Waals surface area contributed by atoms with E-state index in [4.69, 9.17) is 9.47 Å². The normalized spacial score (nSPS) is 42.3. The van der Waals surface area contributed by atoms with Crippen LogP contribution in [0.3, 0.4) is 0 Å². The predicted octanol–water partition coefficient (Wildman–Crippen LogP) is 7.83.